The zero-order valence-corrected chi connectivity index (χ0v) is 14.8. The number of benzene rings is 2. The number of anilines is 2. The number of pyridine rings is 1. The predicted molar refractivity (Wildman–Crippen MR) is 104 cm³/mol. The average Bonchev–Trinajstić information content (AvgIpc) is 3.07. The van der Waals surface area contributed by atoms with Gasteiger partial charge in [-0.2, -0.15) is 5.10 Å². The number of hydrogen-bond donors (Lipinski definition) is 2. The number of methoxy groups -OCH3 is 1. The van der Waals surface area contributed by atoms with Crippen molar-refractivity contribution in [2.24, 2.45) is 0 Å². The summed E-state index contributed by atoms with van der Waals surface area (Å²) in [6.45, 7) is 1.98. The van der Waals surface area contributed by atoms with Crippen LogP contribution < -0.4 is 10.1 Å². The van der Waals surface area contributed by atoms with Crippen molar-refractivity contribution >= 4 is 22.4 Å². The third kappa shape index (κ3) is 3.37. The molecule has 0 fully saturated rings. The van der Waals surface area contributed by atoms with Gasteiger partial charge in [0.2, 0.25) is 0 Å². The minimum atomic E-state index is 0.732. The molecule has 2 N–H and O–H groups in total. The molecular formula is C21H20N4O. The van der Waals surface area contributed by atoms with E-state index in [0.717, 1.165) is 51.5 Å². The van der Waals surface area contributed by atoms with E-state index in [9.17, 15) is 0 Å². The summed E-state index contributed by atoms with van der Waals surface area (Å²) in [7, 11) is 1.68. The molecule has 2 heterocycles. The van der Waals surface area contributed by atoms with Crippen molar-refractivity contribution in [2.75, 3.05) is 12.4 Å². The number of para-hydroxylation sites is 1. The molecule has 0 unspecified atom stereocenters. The first-order chi connectivity index (χ1) is 12.7. The van der Waals surface area contributed by atoms with Gasteiger partial charge in [-0.25, -0.2) is 0 Å². The van der Waals surface area contributed by atoms with Gasteiger partial charge in [0.15, 0.2) is 5.82 Å². The molecule has 5 nitrogen and oxygen atoms in total. The second-order valence-electron chi connectivity index (χ2n) is 6.27. The number of hydrogen-bond acceptors (Lipinski definition) is 4. The fraction of sp³-hybridized carbons (Fsp3) is 0.143. The molecule has 0 saturated heterocycles. The van der Waals surface area contributed by atoms with Crippen molar-refractivity contribution in [3.05, 3.63) is 77.6 Å². The number of aryl methyl sites for hydroxylation is 1. The zero-order valence-electron chi connectivity index (χ0n) is 14.8. The van der Waals surface area contributed by atoms with Gasteiger partial charge < -0.3 is 10.1 Å². The molecule has 0 aliphatic carbocycles. The van der Waals surface area contributed by atoms with E-state index in [1.807, 2.05) is 49.4 Å². The molecule has 0 bridgehead atoms. The molecule has 5 heteroatoms. The second-order valence-corrected chi connectivity index (χ2v) is 6.27. The smallest absolute Gasteiger partial charge is 0.152 e. The van der Waals surface area contributed by atoms with Crippen molar-refractivity contribution in [1.29, 1.82) is 0 Å². The number of H-pyrrole nitrogens is 1. The minimum absolute atomic E-state index is 0.732. The van der Waals surface area contributed by atoms with Gasteiger partial charge in [-0.05, 0) is 36.8 Å². The Balaban J connectivity index is 1.73. The normalized spacial score (nSPS) is 10.8. The molecule has 2 aromatic carbocycles. The van der Waals surface area contributed by atoms with Gasteiger partial charge in [0.05, 0.1) is 18.3 Å². The SMILES string of the molecule is COc1cccc(Cc2cc(Nc3cc(C)[nH]n3)c3ccccc3n2)c1. The molecule has 0 spiro atoms. The molecule has 0 aliphatic rings. The molecule has 0 atom stereocenters. The Morgan fingerprint density at radius 2 is 1.92 bits per heavy atom. The van der Waals surface area contributed by atoms with Crippen LogP contribution in [0.4, 0.5) is 11.5 Å². The van der Waals surface area contributed by atoms with Crippen molar-refractivity contribution in [3.63, 3.8) is 0 Å². The second kappa shape index (κ2) is 6.88. The summed E-state index contributed by atoms with van der Waals surface area (Å²) >= 11 is 0. The minimum Gasteiger partial charge on any atom is -0.497 e. The maximum absolute atomic E-state index is 5.32. The number of aromatic amines is 1. The van der Waals surface area contributed by atoms with Crippen LogP contribution >= 0.6 is 0 Å². The van der Waals surface area contributed by atoms with Crippen LogP contribution in [0.25, 0.3) is 10.9 Å². The Morgan fingerprint density at radius 3 is 2.73 bits per heavy atom. The fourth-order valence-corrected chi connectivity index (χ4v) is 3.04. The van der Waals surface area contributed by atoms with Gasteiger partial charge in [-0.3, -0.25) is 10.1 Å². The number of nitrogens with zero attached hydrogens (tertiary/aromatic N) is 2. The van der Waals surface area contributed by atoms with Crippen LogP contribution in [0.5, 0.6) is 5.75 Å². The van der Waals surface area contributed by atoms with Crippen LogP contribution in [0.15, 0.2) is 60.7 Å². The van der Waals surface area contributed by atoms with E-state index < -0.39 is 0 Å². The highest BCUT2D eigenvalue weighted by Gasteiger charge is 2.09. The monoisotopic (exact) mass is 344 g/mol. The topological polar surface area (TPSA) is 62.8 Å². The molecule has 4 aromatic rings. The summed E-state index contributed by atoms with van der Waals surface area (Å²) in [6.07, 6.45) is 0.732. The van der Waals surface area contributed by atoms with Crippen molar-refractivity contribution in [3.8, 4) is 5.75 Å². The maximum atomic E-state index is 5.32. The van der Waals surface area contributed by atoms with Crippen LogP contribution in [-0.4, -0.2) is 22.3 Å². The lowest BCUT2D eigenvalue weighted by atomic mass is 10.1. The Bertz CT molecular complexity index is 1050. The lowest BCUT2D eigenvalue weighted by Gasteiger charge is -2.11. The fourth-order valence-electron chi connectivity index (χ4n) is 3.04. The van der Waals surface area contributed by atoms with E-state index in [-0.39, 0.29) is 0 Å². The van der Waals surface area contributed by atoms with Gasteiger partial charge in [-0.1, -0.05) is 30.3 Å². The molecule has 4 rings (SSSR count). The average molecular weight is 344 g/mol. The lowest BCUT2D eigenvalue weighted by Crippen LogP contribution is -1.98. The van der Waals surface area contributed by atoms with Crippen LogP contribution in [0.3, 0.4) is 0 Å². The summed E-state index contributed by atoms with van der Waals surface area (Å²) in [5, 5.41) is 11.7. The third-order valence-electron chi connectivity index (χ3n) is 4.26. The first kappa shape index (κ1) is 16.1. The highest BCUT2D eigenvalue weighted by molar-refractivity contribution is 5.93. The largest absolute Gasteiger partial charge is 0.497 e. The van der Waals surface area contributed by atoms with Gasteiger partial charge in [0, 0.05) is 29.3 Å². The summed E-state index contributed by atoms with van der Waals surface area (Å²) in [5.74, 6) is 1.65. The Labute approximate surface area is 152 Å². The first-order valence-electron chi connectivity index (χ1n) is 8.52. The van der Waals surface area contributed by atoms with E-state index in [0.29, 0.717) is 0 Å². The van der Waals surface area contributed by atoms with E-state index in [1.54, 1.807) is 7.11 Å². The molecule has 2 aromatic heterocycles. The molecule has 0 saturated carbocycles. The molecule has 130 valence electrons. The summed E-state index contributed by atoms with van der Waals surface area (Å²) in [6, 6.07) is 20.3. The van der Waals surface area contributed by atoms with Crippen molar-refractivity contribution in [2.45, 2.75) is 13.3 Å². The molecule has 0 aliphatic heterocycles. The van der Waals surface area contributed by atoms with Gasteiger partial charge in [0.25, 0.3) is 0 Å². The highest BCUT2D eigenvalue weighted by Crippen LogP contribution is 2.27. The molecular weight excluding hydrogens is 324 g/mol. The first-order valence-corrected chi connectivity index (χ1v) is 8.52. The Kier molecular flexibility index (Phi) is 4.27. The number of nitrogens with one attached hydrogen (secondary N) is 2. The third-order valence-corrected chi connectivity index (χ3v) is 4.26. The van der Waals surface area contributed by atoms with Crippen LogP contribution in [-0.2, 0) is 6.42 Å². The predicted octanol–water partition coefficient (Wildman–Crippen LogP) is 4.61. The van der Waals surface area contributed by atoms with Gasteiger partial charge >= 0.3 is 0 Å². The van der Waals surface area contributed by atoms with Crippen LogP contribution in [0, 0.1) is 6.92 Å². The van der Waals surface area contributed by atoms with Gasteiger partial charge in [0.1, 0.15) is 5.75 Å². The standard InChI is InChI=1S/C21H20N4O/c1-14-10-21(25-24-14)23-20-13-16(22-19-9-4-3-8-18(19)20)11-15-6-5-7-17(12-15)26-2/h3-10,12-13H,11H2,1-2H3,(H2,22,23,24,25). The number of ether oxygens (including phenoxy) is 1. The van der Waals surface area contributed by atoms with Crippen molar-refractivity contribution in [1.82, 2.24) is 15.2 Å². The quantitative estimate of drug-likeness (QED) is 0.555. The van der Waals surface area contributed by atoms with E-state index in [1.165, 1.54) is 0 Å². The Morgan fingerprint density at radius 1 is 1.04 bits per heavy atom. The Hall–Kier alpha value is -3.34. The summed E-state index contributed by atoms with van der Waals surface area (Å²) in [5.41, 5.74) is 5.13. The highest BCUT2D eigenvalue weighted by atomic mass is 16.5. The molecule has 26 heavy (non-hydrogen) atoms. The van der Waals surface area contributed by atoms with Crippen LogP contribution in [0.1, 0.15) is 17.0 Å². The number of rotatable bonds is 5. The van der Waals surface area contributed by atoms with Crippen LogP contribution in [0.2, 0.25) is 0 Å². The zero-order chi connectivity index (χ0) is 17.9. The van der Waals surface area contributed by atoms with E-state index in [2.05, 4.69) is 33.7 Å². The maximum Gasteiger partial charge on any atom is 0.152 e. The number of fused-ring (bicyclic) bond motifs is 1. The number of aromatic nitrogens is 3. The summed E-state index contributed by atoms with van der Waals surface area (Å²) < 4.78 is 5.32. The van der Waals surface area contributed by atoms with E-state index >= 15 is 0 Å². The lowest BCUT2D eigenvalue weighted by molar-refractivity contribution is 0.414. The summed E-state index contributed by atoms with van der Waals surface area (Å²) in [4.78, 5) is 4.82. The van der Waals surface area contributed by atoms with Crippen molar-refractivity contribution < 1.29 is 4.74 Å². The van der Waals surface area contributed by atoms with Gasteiger partial charge in [-0.15, -0.1) is 0 Å². The molecule has 0 radical (unpaired) electrons. The van der Waals surface area contributed by atoms with E-state index in [4.69, 9.17) is 9.72 Å². The molecule has 0 amide bonds.